The second-order valence-corrected chi connectivity index (χ2v) is 11.0. The lowest BCUT2D eigenvalue weighted by Crippen LogP contribution is -2.53. The first-order valence-electron chi connectivity index (χ1n) is 10.8. The second-order valence-electron chi connectivity index (χ2n) is 10.2. The van der Waals surface area contributed by atoms with E-state index in [4.69, 9.17) is 0 Å². The molecule has 4 fully saturated rings. The van der Waals surface area contributed by atoms with Crippen molar-refractivity contribution in [3.63, 3.8) is 0 Å². The Hall–Kier alpha value is -0.160. The average molecular weight is 401 g/mol. The first kappa shape index (κ1) is 20.1. The van der Waals surface area contributed by atoms with Crippen LogP contribution in [0.15, 0.2) is 0 Å². The molecule has 4 aliphatic rings. The van der Waals surface area contributed by atoms with E-state index in [9.17, 15) is 18.7 Å². The maximum absolute atomic E-state index is 13.3. The van der Waals surface area contributed by atoms with E-state index in [2.05, 4.69) is 6.92 Å². The average Bonchev–Trinajstić information content (AvgIpc) is 2.98. The Morgan fingerprint density at radius 1 is 1.07 bits per heavy atom. The van der Waals surface area contributed by atoms with Gasteiger partial charge in [-0.25, -0.2) is 8.78 Å². The highest BCUT2D eigenvalue weighted by atomic mass is 32.2. The molecule has 0 radical (unpaired) electrons. The molecule has 0 aromatic heterocycles. The minimum absolute atomic E-state index is 0.152. The zero-order chi connectivity index (χ0) is 19.4. The third kappa shape index (κ3) is 3.19. The van der Waals surface area contributed by atoms with Crippen molar-refractivity contribution in [1.29, 1.82) is 0 Å². The summed E-state index contributed by atoms with van der Waals surface area (Å²) in [5.74, 6) is 3.99. The van der Waals surface area contributed by atoms with Crippen molar-refractivity contribution in [3.05, 3.63) is 0 Å². The Bertz CT molecular complexity index is 585. The van der Waals surface area contributed by atoms with E-state index in [1.807, 2.05) is 6.26 Å². The van der Waals surface area contributed by atoms with Crippen LogP contribution in [0.5, 0.6) is 0 Å². The number of Topliss-reactive ketones (excluding diaryl/α,β-unsaturated/α-hetero) is 1. The summed E-state index contributed by atoms with van der Waals surface area (Å²) in [5, 5.41) is 10.3. The van der Waals surface area contributed by atoms with E-state index in [-0.39, 0.29) is 30.1 Å². The van der Waals surface area contributed by atoms with Gasteiger partial charge < -0.3 is 5.11 Å². The third-order valence-electron chi connectivity index (χ3n) is 9.13. The standard InChI is InChI=1S/C22H34F2O2S/c1-21-9-7-15-14-8-10-22(26,20(23)24)11-13(14)3-4-16(15)17(21)5-6-18(21)19(25)12-27-2/h13-18,20,26H,3-12H2,1-2H3/t13-,14-,15+,16+,17-,18+,21-,22-/m0/s1. The van der Waals surface area contributed by atoms with Crippen LogP contribution in [-0.2, 0) is 4.79 Å². The Labute approximate surface area is 166 Å². The number of carbonyl (C=O) groups excluding carboxylic acids is 1. The number of hydrogen-bond acceptors (Lipinski definition) is 3. The summed E-state index contributed by atoms with van der Waals surface area (Å²) in [6, 6.07) is 0. The summed E-state index contributed by atoms with van der Waals surface area (Å²) in [6.45, 7) is 2.37. The predicted molar refractivity (Wildman–Crippen MR) is 105 cm³/mol. The number of ketones is 1. The van der Waals surface area contributed by atoms with Crippen molar-refractivity contribution in [3.8, 4) is 0 Å². The topological polar surface area (TPSA) is 37.3 Å². The molecule has 27 heavy (non-hydrogen) atoms. The van der Waals surface area contributed by atoms with Gasteiger partial charge in [0, 0.05) is 5.92 Å². The molecule has 0 amide bonds. The number of thioether (sulfide) groups is 1. The van der Waals surface area contributed by atoms with Crippen LogP contribution in [0.3, 0.4) is 0 Å². The predicted octanol–water partition coefficient (Wildman–Crippen LogP) is 5.18. The summed E-state index contributed by atoms with van der Waals surface area (Å²) in [4.78, 5) is 12.7. The number of aliphatic hydroxyl groups is 1. The van der Waals surface area contributed by atoms with Crippen molar-refractivity contribution in [1.82, 2.24) is 0 Å². The van der Waals surface area contributed by atoms with E-state index in [1.165, 1.54) is 6.42 Å². The number of hydrogen-bond donors (Lipinski definition) is 1. The Kier molecular flexibility index (Phi) is 5.42. The quantitative estimate of drug-likeness (QED) is 0.706. The van der Waals surface area contributed by atoms with E-state index in [1.54, 1.807) is 11.8 Å². The van der Waals surface area contributed by atoms with Gasteiger partial charge in [-0.05, 0) is 99.0 Å². The third-order valence-corrected chi connectivity index (χ3v) is 9.70. The van der Waals surface area contributed by atoms with E-state index in [0.29, 0.717) is 35.2 Å². The van der Waals surface area contributed by atoms with Gasteiger partial charge in [-0.1, -0.05) is 6.92 Å². The highest BCUT2D eigenvalue weighted by Crippen LogP contribution is 2.64. The summed E-state index contributed by atoms with van der Waals surface area (Å²) in [7, 11) is 0. The van der Waals surface area contributed by atoms with Crippen molar-refractivity contribution in [2.45, 2.75) is 76.7 Å². The summed E-state index contributed by atoms with van der Waals surface area (Å²) >= 11 is 1.64. The Morgan fingerprint density at radius 2 is 1.81 bits per heavy atom. The normalized spacial score (nSPS) is 49.4. The first-order valence-corrected chi connectivity index (χ1v) is 12.2. The summed E-state index contributed by atoms with van der Waals surface area (Å²) in [6.07, 6.45) is 7.25. The van der Waals surface area contributed by atoms with Gasteiger partial charge in [0.05, 0.1) is 5.75 Å². The maximum Gasteiger partial charge on any atom is 0.266 e. The van der Waals surface area contributed by atoms with Crippen LogP contribution in [-0.4, -0.2) is 34.9 Å². The van der Waals surface area contributed by atoms with Crippen LogP contribution in [0.25, 0.3) is 0 Å². The van der Waals surface area contributed by atoms with Crippen LogP contribution >= 0.6 is 11.8 Å². The summed E-state index contributed by atoms with van der Waals surface area (Å²) in [5.41, 5.74) is -1.60. The Morgan fingerprint density at radius 3 is 2.52 bits per heavy atom. The zero-order valence-electron chi connectivity index (χ0n) is 16.6. The molecule has 4 aliphatic carbocycles. The maximum atomic E-state index is 13.3. The molecule has 2 nitrogen and oxygen atoms in total. The molecule has 0 spiro atoms. The second kappa shape index (κ2) is 7.27. The van der Waals surface area contributed by atoms with Crippen LogP contribution in [0.1, 0.15) is 64.7 Å². The summed E-state index contributed by atoms with van der Waals surface area (Å²) < 4.78 is 26.6. The van der Waals surface area contributed by atoms with Gasteiger partial charge in [0.15, 0.2) is 0 Å². The van der Waals surface area contributed by atoms with Gasteiger partial charge in [-0.15, -0.1) is 0 Å². The lowest BCUT2D eigenvalue weighted by Gasteiger charge is -2.57. The van der Waals surface area contributed by atoms with Crippen molar-refractivity contribution in [2.24, 2.45) is 40.9 Å². The lowest BCUT2D eigenvalue weighted by atomic mass is 9.49. The molecule has 5 heteroatoms. The largest absolute Gasteiger partial charge is 0.384 e. The number of rotatable bonds is 4. The molecule has 154 valence electrons. The molecule has 0 aliphatic heterocycles. The van der Waals surface area contributed by atoms with Gasteiger partial charge in [-0.2, -0.15) is 11.8 Å². The van der Waals surface area contributed by atoms with Gasteiger partial charge >= 0.3 is 0 Å². The van der Waals surface area contributed by atoms with Gasteiger partial charge in [0.25, 0.3) is 6.43 Å². The van der Waals surface area contributed by atoms with E-state index in [0.717, 1.165) is 38.5 Å². The minimum Gasteiger partial charge on any atom is -0.384 e. The zero-order valence-corrected chi connectivity index (χ0v) is 17.4. The van der Waals surface area contributed by atoms with Gasteiger partial charge in [0.2, 0.25) is 0 Å². The number of halogens is 2. The lowest BCUT2D eigenvalue weighted by molar-refractivity contribution is -0.160. The fourth-order valence-corrected chi connectivity index (χ4v) is 8.37. The number of carbonyl (C=O) groups is 1. The van der Waals surface area contributed by atoms with Crippen LogP contribution in [0.4, 0.5) is 8.78 Å². The highest BCUT2D eigenvalue weighted by Gasteiger charge is 2.59. The van der Waals surface area contributed by atoms with Gasteiger partial charge in [-0.3, -0.25) is 4.79 Å². The van der Waals surface area contributed by atoms with E-state index >= 15 is 0 Å². The molecule has 0 bridgehead atoms. The molecular formula is C22H34F2O2S. The number of alkyl halides is 2. The molecular weight excluding hydrogens is 366 g/mol. The number of fused-ring (bicyclic) bond motifs is 5. The molecule has 0 heterocycles. The van der Waals surface area contributed by atoms with Crippen LogP contribution in [0.2, 0.25) is 0 Å². The molecule has 0 unspecified atom stereocenters. The molecule has 1 N–H and O–H groups in total. The minimum atomic E-state index is -2.62. The fourth-order valence-electron chi connectivity index (χ4n) is 7.88. The van der Waals surface area contributed by atoms with Crippen LogP contribution in [0, 0.1) is 40.9 Å². The molecule has 4 saturated carbocycles. The SMILES string of the molecule is CSCC(=O)[C@H]1CC[C@H]2[C@@H]3CC[C@H]4C[C@](O)(C(F)F)CC[C@@H]4[C@H]3CC[C@]12C. The molecule has 0 aromatic carbocycles. The Balaban J connectivity index is 1.50. The molecule has 8 atom stereocenters. The van der Waals surface area contributed by atoms with Crippen molar-refractivity contribution in [2.75, 3.05) is 12.0 Å². The first-order chi connectivity index (χ1) is 12.8. The smallest absolute Gasteiger partial charge is 0.266 e. The highest BCUT2D eigenvalue weighted by molar-refractivity contribution is 7.99. The van der Waals surface area contributed by atoms with Crippen molar-refractivity contribution < 1.29 is 18.7 Å². The van der Waals surface area contributed by atoms with Crippen LogP contribution < -0.4 is 0 Å². The monoisotopic (exact) mass is 400 g/mol. The molecule has 0 saturated heterocycles. The fraction of sp³-hybridized carbons (Fsp3) is 0.955. The molecule has 0 aromatic rings. The van der Waals surface area contributed by atoms with E-state index < -0.39 is 12.0 Å². The van der Waals surface area contributed by atoms with Gasteiger partial charge in [0.1, 0.15) is 11.4 Å². The van der Waals surface area contributed by atoms with Crippen molar-refractivity contribution >= 4 is 17.5 Å². The molecule has 4 rings (SSSR count).